The average molecular weight is 223 g/mol. The highest BCUT2D eigenvalue weighted by molar-refractivity contribution is 5.86. The van der Waals surface area contributed by atoms with E-state index in [1.54, 1.807) is 6.20 Å². The number of rotatable bonds is 3. The first kappa shape index (κ1) is 11.1. The van der Waals surface area contributed by atoms with Gasteiger partial charge in [0.2, 0.25) is 0 Å². The summed E-state index contributed by atoms with van der Waals surface area (Å²) in [4.78, 5) is 18.4. The van der Waals surface area contributed by atoms with Gasteiger partial charge in [-0.05, 0) is 31.8 Å². The first-order valence-electron chi connectivity index (χ1n) is 5.62. The lowest BCUT2D eigenvalue weighted by Gasteiger charge is -2.21. The number of carbonyl (C=O) groups excluding carboxylic acids is 1. The molecule has 0 aromatic carbocycles. The molecule has 0 atom stereocenters. The van der Waals surface area contributed by atoms with Gasteiger partial charge in [0.15, 0.2) is 0 Å². The molecule has 1 saturated heterocycles. The second-order valence-electron chi connectivity index (χ2n) is 4.13. The first-order valence-corrected chi connectivity index (χ1v) is 5.62. The molecule has 2 rings (SSSR count). The Hall–Kier alpha value is -1.36. The molecule has 16 heavy (non-hydrogen) atoms. The van der Waals surface area contributed by atoms with Gasteiger partial charge in [0.25, 0.3) is 0 Å². The number of nitrogens with zero attached hydrogens (tertiary/aromatic N) is 1. The minimum absolute atomic E-state index is 0.357. The standard InChI is InChI=1S/C11H17N3O2/c1-16-11(15)9-7-13-10(14-9)6-8-2-4-12-5-3-8/h7-8,12H,2-6H2,1H3,(H,13,14). The van der Waals surface area contributed by atoms with Crippen LogP contribution in [0, 0.1) is 5.92 Å². The fourth-order valence-electron chi connectivity index (χ4n) is 2.04. The zero-order chi connectivity index (χ0) is 11.4. The number of methoxy groups -OCH3 is 1. The van der Waals surface area contributed by atoms with Gasteiger partial charge in [0.1, 0.15) is 11.5 Å². The van der Waals surface area contributed by atoms with E-state index in [-0.39, 0.29) is 5.97 Å². The zero-order valence-corrected chi connectivity index (χ0v) is 9.45. The number of ether oxygens (including phenoxy) is 1. The maximum absolute atomic E-state index is 11.2. The molecule has 0 saturated carbocycles. The molecule has 1 aliphatic rings. The van der Waals surface area contributed by atoms with Crippen molar-refractivity contribution in [2.24, 2.45) is 5.92 Å². The molecule has 2 heterocycles. The molecule has 1 aromatic rings. The average Bonchev–Trinajstić information content (AvgIpc) is 2.78. The largest absolute Gasteiger partial charge is 0.464 e. The molecule has 0 spiro atoms. The predicted molar refractivity (Wildman–Crippen MR) is 59.2 cm³/mol. The number of carbonyl (C=O) groups is 1. The Morgan fingerprint density at radius 2 is 2.31 bits per heavy atom. The van der Waals surface area contributed by atoms with Crippen LogP contribution in [0.15, 0.2) is 6.20 Å². The number of hydrogen-bond donors (Lipinski definition) is 2. The number of imidazole rings is 1. The number of piperidine rings is 1. The van der Waals surface area contributed by atoms with Crippen molar-refractivity contribution in [1.29, 1.82) is 0 Å². The lowest BCUT2D eigenvalue weighted by molar-refractivity contribution is 0.0594. The summed E-state index contributed by atoms with van der Waals surface area (Å²) in [6.45, 7) is 2.16. The van der Waals surface area contributed by atoms with Crippen molar-refractivity contribution in [3.05, 3.63) is 17.7 Å². The predicted octanol–water partition coefficient (Wildman–Crippen LogP) is 0.738. The smallest absolute Gasteiger partial charge is 0.356 e. The Balaban J connectivity index is 1.94. The van der Waals surface area contributed by atoms with E-state index < -0.39 is 0 Å². The molecule has 0 aliphatic carbocycles. The van der Waals surface area contributed by atoms with Gasteiger partial charge in [0, 0.05) is 6.42 Å². The van der Waals surface area contributed by atoms with Crippen LogP contribution in [0.25, 0.3) is 0 Å². The van der Waals surface area contributed by atoms with E-state index in [9.17, 15) is 4.79 Å². The minimum Gasteiger partial charge on any atom is -0.464 e. The maximum Gasteiger partial charge on any atom is 0.356 e. The SMILES string of the molecule is COC(=O)c1cnc(CC2CCNCC2)[nH]1. The molecule has 1 fully saturated rings. The highest BCUT2D eigenvalue weighted by Crippen LogP contribution is 2.16. The molecule has 2 N–H and O–H groups in total. The molecule has 0 unspecified atom stereocenters. The molecule has 0 amide bonds. The summed E-state index contributed by atoms with van der Waals surface area (Å²) >= 11 is 0. The lowest BCUT2D eigenvalue weighted by atomic mass is 9.94. The number of H-pyrrole nitrogens is 1. The summed E-state index contributed by atoms with van der Waals surface area (Å²) in [5.74, 6) is 1.19. The third-order valence-electron chi connectivity index (χ3n) is 2.97. The Morgan fingerprint density at radius 3 is 3.00 bits per heavy atom. The van der Waals surface area contributed by atoms with Gasteiger partial charge >= 0.3 is 5.97 Å². The number of hydrogen-bond acceptors (Lipinski definition) is 4. The third-order valence-corrected chi connectivity index (χ3v) is 2.97. The number of aromatic amines is 1. The summed E-state index contributed by atoms with van der Waals surface area (Å²) in [5.41, 5.74) is 0.437. The molecule has 1 aromatic heterocycles. The van der Waals surface area contributed by atoms with Gasteiger partial charge in [-0.15, -0.1) is 0 Å². The van der Waals surface area contributed by atoms with Gasteiger partial charge in [-0.25, -0.2) is 9.78 Å². The summed E-state index contributed by atoms with van der Waals surface area (Å²) in [6.07, 6.45) is 4.81. The summed E-state index contributed by atoms with van der Waals surface area (Å²) < 4.78 is 4.62. The molecule has 1 aliphatic heterocycles. The van der Waals surface area contributed by atoms with Crippen molar-refractivity contribution in [2.75, 3.05) is 20.2 Å². The van der Waals surface area contributed by atoms with E-state index in [2.05, 4.69) is 20.0 Å². The first-order chi connectivity index (χ1) is 7.79. The third kappa shape index (κ3) is 2.61. The highest BCUT2D eigenvalue weighted by Gasteiger charge is 2.16. The monoisotopic (exact) mass is 223 g/mol. The molecule has 88 valence electrons. The molecule has 0 bridgehead atoms. The Labute approximate surface area is 94.6 Å². The van der Waals surface area contributed by atoms with E-state index in [1.165, 1.54) is 20.0 Å². The van der Waals surface area contributed by atoms with Gasteiger partial charge in [-0.3, -0.25) is 0 Å². The molecule has 0 radical (unpaired) electrons. The molecular weight excluding hydrogens is 206 g/mol. The van der Waals surface area contributed by atoms with E-state index >= 15 is 0 Å². The Morgan fingerprint density at radius 1 is 1.56 bits per heavy atom. The van der Waals surface area contributed by atoms with Gasteiger partial charge in [-0.2, -0.15) is 0 Å². The van der Waals surface area contributed by atoms with Crippen molar-refractivity contribution >= 4 is 5.97 Å². The van der Waals surface area contributed by atoms with E-state index in [0.717, 1.165) is 25.3 Å². The van der Waals surface area contributed by atoms with Crippen molar-refractivity contribution in [3.8, 4) is 0 Å². The molecule has 5 nitrogen and oxygen atoms in total. The van der Waals surface area contributed by atoms with Crippen LogP contribution in [0.1, 0.15) is 29.2 Å². The van der Waals surface area contributed by atoms with Crippen LogP contribution in [0.2, 0.25) is 0 Å². The van der Waals surface area contributed by atoms with E-state index in [4.69, 9.17) is 0 Å². The summed E-state index contributed by atoms with van der Waals surface area (Å²) in [6, 6.07) is 0. The van der Waals surface area contributed by atoms with Crippen LogP contribution in [0.5, 0.6) is 0 Å². The van der Waals surface area contributed by atoms with Crippen LogP contribution in [-0.4, -0.2) is 36.1 Å². The maximum atomic E-state index is 11.2. The van der Waals surface area contributed by atoms with Gasteiger partial charge in [0.05, 0.1) is 13.3 Å². The van der Waals surface area contributed by atoms with Crippen LogP contribution in [-0.2, 0) is 11.2 Å². The fraction of sp³-hybridized carbons (Fsp3) is 0.636. The second kappa shape index (κ2) is 5.12. The van der Waals surface area contributed by atoms with Gasteiger partial charge in [-0.1, -0.05) is 0 Å². The lowest BCUT2D eigenvalue weighted by Crippen LogP contribution is -2.28. The number of esters is 1. The van der Waals surface area contributed by atoms with Crippen molar-refractivity contribution in [1.82, 2.24) is 15.3 Å². The quantitative estimate of drug-likeness (QED) is 0.742. The highest BCUT2D eigenvalue weighted by atomic mass is 16.5. The molecule has 5 heteroatoms. The normalized spacial score (nSPS) is 17.3. The topological polar surface area (TPSA) is 67.0 Å². The van der Waals surface area contributed by atoms with Crippen LogP contribution in [0.3, 0.4) is 0 Å². The van der Waals surface area contributed by atoms with Crippen LogP contribution in [0.4, 0.5) is 0 Å². The second-order valence-corrected chi connectivity index (χ2v) is 4.13. The summed E-state index contributed by atoms with van der Waals surface area (Å²) in [7, 11) is 1.37. The number of nitrogens with one attached hydrogen (secondary N) is 2. The zero-order valence-electron chi connectivity index (χ0n) is 9.45. The Bertz CT molecular complexity index is 356. The van der Waals surface area contributed by atoms with E-state index in [0.29, 0.717) is 11.6 Å². The van der Waals surface area contributed by atoms with E-state index in [1.807, 2.05) is 0 Å². The minimum atomic E-state index is -0.357. The van der Waals surface area contributed by atoms with Crippen LogP contribution < -0.4 is 5.32 Å². The fourth-order valence-corrected chi connectivity index (χ4v) is 2.04. The van der Waals surface area contributed by atoms with Crippen molar-refractivity contribution < 1.29 is 9.53 Å². The van der Waals surface area contributed by atoms with Gasteiger partial charge < -0.3 is 15.0 Å². The number of aromatic nitrogens is 2. The summed E-state index contributed by atoms with van der Waals surface area (Å²) in [5, 5.41) is 3.33. The molecular formula is C11H17N3O2. The Kier molecular flexibility index (Phi) is 3.56. The van der Waals surface area contributed by atoms with Crippen molar-refractivity contribution in [2.45, 2.75) is 19.3 Å². The van der Waals surface area contributed by atoms with Crippen LogP contribution >= 0.6 is 0 Å². The van der Waals surface area contributed by atoms with Crippen molar-refractivity contribution in [3.63, 3.8) is 0 Å².